The zero-order chi connectivity index (χ0) is 32.2. The number of hydrogen-bond donors (Lipinski definition) is 1. The van der Waals surface area contributed by atoms with Crippen molar-refractivity contribution in [3.63, 3.8) is 0 Å². The number of pyridine rings is 1. The van der Waals surface area contributed by atoms with Crippen LogP contribution in [-0.2, 0) is 22.5 Å². The SMILES string of the molecule is COCCCc1cc(CN(C(=O)C2=C(c3ccc(OCCOc4c(Cl)cc(C)cc4Cl)cc3)C[C@@H]3CC[C@H]2N3)C2CC2)c(Cl)cn1. The number of hydrogen-bond acceptors (Lipinski definition) is 6. The number of benzene rings is 2. The summed E-state index contributed by atoms with van der Waals surface area (Å²) in [5.41, 5.74) is 5.95. The molecule has 0 spiro atoms. The molecule has 3 aromatic rings. The topological polar surface area (TPSA) is 72.9 Å². The maximum absolute atomic E-state index is 14.5. The number of halogens is 3. The van der Waals surface area contributed by atoms with Gasteiger partial charge < -0.3 is 24.4 Å². The molecule has 10 heteroatoms. The van der Waals surface area contributed by atoms with Crippen molar-refractivity contribution in [2.75, 3.05) is 26.9 Å². The molecule has 6 rings (SSSR count). The van der Waals surface area contributed by atoms with Crippen LogP contribution in [0.5, 0.6) is 11.5 Å². The van der Waals surface area contributed by atoms with Crippen LogP contribution in [0, 0.1) is 6.92 Å². The number of nitrogens with zero attached hydrogens (tertiary/aromatic N) is 2. The highest BCUT2D eigenvalue weighted by Gasteiger charge is 2.42. The van der Waals surface area contributed by atoms with Crippen molar-refractivity contribution in [3.8, 4) is 11.5 Å². The molecule has 2 aromatic carbocycles. The highest BCUT2D eigenvalue weighted by atomic mass is 35.5. The van der Waals surface area contributed by atoms with Gasteiger partial charge in [0.15, 0.2) is 5.75 Å². The van der Waals surface area contributed by atoms with Crippen molar-refractivity contribution in [1.29, 1.82) is 0 Å². The molecule has 3 aliphatic rings. The van der Waals surface area contributed by atoms with E-state index in [0.717, 1.165) is 84.2 Å². The Bertz CT molecular complexity index is 1570. The van der Waals surface area contributed by atoms with Crippen molar-refractivity contribution < 1.29 is 19.0 Å². The molecule has 7 nitrogen and oxygen atoms in total. The van der Waals surface area contributed by atoms with E-state index in [1.165, 1.54) is 0 Å². The van der Waals surface area contributed by atoms with Crippen LogP contribution >= 0.6 is 34.8 Å². The van der Waals surface area contributed by atoms with Crippen molar-refractivity contribution >= 4 is 46.3 Å². The van der Waals surface area contributed by atoms with Crippen LogP contribution in [0.3, 0.4) is 0 Å². The van der Waals surface area contributed by atoms with Crippen molar-refractivity contribution in [2.24, 2.45) is 0 Å². The van der Waals surface area contributed by atoms with Gasteiger partial charge in [0.05, 0.1) is 15.1 Å². The molecule has 3 heterocycles. The Morgan fingerprint density at radius 1 is 0.957 bits per heavy atom. The van der Waals surface area contributed by atoms with Gasteiger partial charge in [-0.3, -0.25) is 9.78 Å². The van der Waals surface area contributed by atoms with Gasteiger partial charge >= 0.3 is 0 Å². The van der Waals surface area contributed by atoms with E-state index < -0.39 is 0 Å². The van der Waals surface area contributed by atoms with Crippen molar-refractivity contribution in [2.45, 2.75) is 76.5 Å². The predicted octanol–water partition coefficient (Wildman–Crippen LogP) is 7.86. The molecule has 2 fully saturated rings. The number of amides is 1. The first-order valence-electron chi connectivity index (χ1n) is 16.0. The van der Waals surface area contributed by atoms with Gasteiger partial charge in [-0.25, -0.2) is 0 Å². The maximum atomic E-state index is 14.5. The standard InChI is InChI=1S/C36H40Cl3N3O4/c1-22-16-30(37)35(31(38)17-22)46-15-14-45-28-10-5-23(6-11-28)29-19-26-7-12-33(41-26)34(29)36(43)42(27-8-9-27)21-24-18-25(4-3-13-44-2)40-20-32(24)39/h5-6,10-11,16-18,20,26-27,33,41H,3-4,7-9,12-15,19,21H2,1-2H3/t26-,33+/m0/s1. The second kappa shape index (κ2) is 15.0. The van der Waals surface area contributed by atoms with Crippen molar-refractivity contribution in [3.05, 3.63) is 91.7 Å². The molecule has 244 valence electrons. The molecule has 1 saturated carbocycles. The molecule has 1 aromatic heterocycles. The highest BCUT2D eigenvalue weighted by Crippen LogP contribution is 2.41. The Morgan fingerprint density at radius 2 is 1.70 bits per heavy atom. The van der Waals surface area contributed by atoms with Gasteiger partial charge in [0.25, 0.3) is 5.91 Å². The first-order chi connectivity index (χ1) is 22.3. The van der Waals surface area contributed by atoms with E-state index in [4.69, 9.17) is 49.0 Å². The Labute approximate surface area is 286 Å². The first kappa shape index (κ1) is 33.1. The normalized spacial score (nSPS) is 19.0. The summed E-state index contributed by atoms with van der Waals surface area (Å²) in [5.74, 6) is 1.30. The number of carbonyl (C=O) groups is 1. The lowest BCUT2D eigenvalue weighted by atomic mass is 9.88. The summed E-state index contributed by atoms with van der Waals surface area (Å²) in [7, 11) is 1.70. The van der Waals surface area contributed by atoms with Crippen LogP contribution in [0.4, 0.5) is 0 Å². The van der Waals surface area contributed by atoms with E-state index in [9.17, 15) is 4.79 Å². The van der Waals surface area contributed by atoms with E-state index in [2.05, 4.69) is 28.5 Å². The molecule has 1 amide bonds. The number of methoxy groups -OCH3 is 1. The number of fused-ring (bicyclic) bond motifs is 2. The summed E-state index contributed by atoms with van der Waals surface area (Å²) in [5, 5.41) is 5.27. The van der Waals surface area contributed by atoms with Gasteiger partial charge in [0, 0.05) is 55.9 Å². The van der Waals surface area contributed by atoms with Gasteiger partial charge in [-0.2, -0.15) is 0 Å². The number of rotatable bonds is 14. The second-order valence-corrected chi connectivity index (χ2v) is 13.6. The Kier molecular flexibility index (Phi) is 10.8. The molecule has 2 atom stereocenters. The maximum Gasteiger partial charge on any atom is 0.252 e. The summed E-state index contributed by atoms with van der Waals surface area (Å²) < 4.78 is 17.0. The van der Waals surface area contributed by atoms with Crippen LogP contribution in [0.15, 0.2) is 54.2 Å². The summed E-state index contributed by atoms with van der Waals surface area (Å²) in [6.07, 6.45) is 8.27. The Hall–Kier alpha value is -2.81. The third-order valence-electron chi connectivity index (χ3n) is 8.90. The van der Waals surface area contributed by atoms with Crippen LogP contribution < -0.4 is 14.8 Å². The lowest BCUT2D eigenvalue weighted by Gasteiger charge is -2.32. The summed E-state index contributed by atoms with van der Waals surface area (Å²) in [6.45, 7) is 3.72. The van der Waals surface area contributed by atoms with Gasteiger partial charge in [0.2, 0.25) is 0 Å². The highest BCUT2D eigenvalue weighted by molar-refractivity contribution is 6.37. The minimum absolute atomic E-state index is 0.0496. The van der Waals surface area contributed by atoms with Crippen LogP contribution in [0.1, 0.15) is 60.9 Å². The second-order valence-electron chi connectivity index (χ2n) is 12.4. The third kappa shape index (κ3) is 7.83. The van der Waals surface area contributed by atoms with Gasteiger partial charge in [-0.1, -0.05) is 46.9 Å². The molecule has 2 aliphatic heterocycles. The average molecular weight is 685 g/mol. The fourth-order valence-electron chi connectivity index (χ4n) is 6.48. The Morgan fingerprint density at radius 3 is 2.41 bits per heavy atom. The lowest BCUT2D eigenvalue weighted by Crippen LogP contribution is -2.44. The van der Waals surface area contributed by atoms with E-state index in [1.54, 1.807) is 13.3 Å². The van der Waals surface area contributed by atoms with E-state index in [-0.39, 0.29) is 18.0 Å². The minimum Gasteiger partial charge on any atom is -0.490 e. The molecule has 46 heavy (non-hydrogen) atoms. The molecular formula is C36H40Cl3N3O4. The molecule has 1 N–H and O–H groups in total. The lowest BCUT2D eigenvalue weighted by molar-refractivity contribution is -0.128. The largest absolute Gasteiger partial charge is 0.490 e. The van der Waals surface area contributed by atoms with E-state index in [0.29, 0.717) is 53.2 Å². The van der Waals surface area contributed by atoms with Crippen molar-refractivity contribution in [1.82, 2.24) is 15.2 Å². The number of ether oxygens (including phenoxy) is 3. The average Bonchev–Trinajstić information content (AvgIpc) is 3.81. The fourth-order valence-corrected chi connectivity index (χ4v) is 7.35. The molecule has 1 saturated heterocycles. The van der Waals surface area contributed by atoms with Crippen LogP contribution in [0.2, 0.25) is 15.1 Å². The molecule has 0 unspecified atom stereocenters. The number of aryl methyl sites for hydroxylation is 2. The van der Waals surface area contributed by atoms with Gasteiger partial charge in [0.1, 0.15) is 19.0 Å². The zero-order valence-electron chi connectivity index (χ0n) is 26.3. The van der Waals surface area contributed by atoms with Gasteiger partial charge in [-0.15, -0.1) is 0 Å². The smallest absolute Gasteiger partial charge is 0.252 e. The van der Waals surface area contributed by atoms with Crippen LogP contribution in [-0.4, -0.2) is 60.8 Å². The monoisotopic (exact) mass is 683 g/mol. The van der Waals surface area contributed by atoms with Gasteiger partial charge in [-0.05, 0) is 104 Å². The predicted molar refractivity (Wildman–Crippen MR) is 183 cm³/mol. The third-order valence-corrected chi connectivity index (χ3v) is 9.80. The number of nitrogens with one attached hydrogen (secondary N) is 1. The summed E-state index contributed by atoms with van der Waals surface area (Å²) >= 11 is 19.2. The zero-order valence-corrected chi connectivity index (χ0v) is 28.6. The minimum atomic E-state index is 0.0496. The molecule has 1 aliphatic carbocycles. The molecule has 0 radical (unpaired) electrons. The first-order valence-corrected chi connectivity index (χ1v) is 17.2. The number of aromatic nitrogens is 1. The quantitative estimate of drug-likeness (QED) is 0.174. The van der Waals surface area contributed by atoms with E-state index in [1.807, 2.05) is 36.1 Å². The number of carbonyl (C=O) groups excluding carboxylic acids is 1. The van der Waals surface area contributed by atoms with E-state index >= 15 is 0 Å². The molecular weight excluding hydrogens is 645 g/mol. The summed E-state index contributed by atoms with van der Waals surface area (Å²) in [6, 6.07) is 14.4. The fraction of sp³-hybridized carbons (Fsp3) is 0.444. The molecule has 2 bridgehead atoms. The Balaban J connectivity index is 1.17. The summed E-state index contributed by atoms with van der Waals surface area (Å²) in [4.78, 5) is 21.0. The van der Waals surface area contributed by atoms with Crippen LogP contribution in [0.25, 0.3) is 5.57 Å².